The molecule has 0 aliphatic carbocycles. The summed E-state index contributed by atoms with van der Waals surface area (Å²) < 4.78 is 9.22. The second-order valence-corrected chi connectivity index (χ2v) is 3.27. The van der Waals surface area contributed by atoms with Gasteiger partial charge in [-0.2, -0.15) is 0 Å². The van der Waals surface area contributed by atoms with Crippen LogP contribution in [-0.4, -0.2) is 26.2 Å². The van der Waals surface area contributed by atoms with Crippen molar-refractivity contribution in [1.29, 1.82) is 0 Å². The number of carbonyl (C=O) groups excluding carboxylic acids is 2. The highest BCUT2D eigenvalue weighted by atomic mass is 16.5. The summed E-state index contributed by atoms with van der Waals surface area (Å²) in [4.78, 5) is 22.7. The zero-order valence-electron chi connectivity index (χ0n) is 9.30. The maximum absolute atomic E-state index is 11.5. The highest BCUT2D eigenvalue weighted by Gasteiger charge is 2.24. The van der Waals surface area contributed by atoms with Gasteiger partial charge in [0.2, 0.25) is 0 Å². The minimum atomic E-state index is -0.598. The summed E-state index contributed by atoms with van der Waals surface area (Å²) in [6.45, 7) is 0. The molecule has 0 fully saturated rings. The van der Waals surface area contributed by atoms with Crippen molar-refractivity contribution < 1.29 is 19.1 Å². The second-order valence-electron chi connectivity index (χ2n) is 3.27. The van der Waals surface area contributed by atoms with Gasteiger partial charge in [-0.05, 0) is 5.56 Å². The lowest BCUT2D eigenvalue weighted by molar-refractivity contribution is -0.149. The average molecular weight is 222 g/mol. The van der Waals surface area contributed by atoms with E-state index in [-0.39, 0.29) is 6.42 Å². The van der Waals surface area contributed by atoms with Gasteiger partial charge in [-0.25, -0.2) is 0 Å². The third kappa shape index (κ3) is 3.08. The molecule has 0 unspecified atom stereocenters. The van der Waals surface area contributed by atoms with Crippen LogP contribution >= 0.6 is 0 Å². The Kier molecular flexibility index (Phi) is 4.51. The van der Waals surface area contributed by atoms with E-state index in [0.29, 0.717) is 0 Å². The first-order valence-corrected chi connectivity index (χ1v) is 4.88. The Hall–Kier alpha value is -1.84. The molecule has 0 heterocycles. The first-order chi connectivity index (χ1) is 7.69. The van der Waals surface area contributed by atoms with Crippen molar-refractivity contribution in [2.45, 2.75) is 12.3 Å². The van der Waals surface area contributed by atoms with Gasteiger partial charge in [-0.3, -0.25) is 9.59 Å². The van der Waals surface area contributed by atoms with E-state index >= 15 is 0 Å². The van der Waals surface area contributed by atoms with Gasteiger partial charge in [0.05, 0.1) is 26.6 Å². The van der Waals surface area contributed by atoms with Crippen LogP contribution in [0.15, 0.2) is 30.3 Å². The summed E-state index contributed by atoms with van der Waals surface area (Å²) in [6.07, 6.45) is -0.00676. The van der Waals surface area contributed by atoms with Gasteiger partial charge >= 0.3 is 11.9 Å². The van der Waals surface area contributed by atoms with Crippen LogP contribution in [0.25, 0.3) is 0 Å². The van der Waals surface area contributed by atoms with Crippen LogP contribution in [0.5, 0.6) is 0 Å². The maximum Gasteiger partial charge on any atom is 0.313 e. The highest BCUT2D eigenvalue weighted by Crippen LogP contribution is 2.21. The summed E-state index contributed by atoms with van der Waals surface area (Å²) in [7, 11) is 2.59. The Morgan fingerprint density at radius 1 is 1.12 bits per heavy atom. The molecule has 1 aromatic carbocycles. The molecule has 0 aliphatic rings. The van der Waals surface area contributed by atoms with Crippen LogP contribution in [0.4, 0.5) is 0 Å². The predicted molar refractivity (Wildman–Crippen MR) is 57.8 cm³/mol. The number of rotatable bonds is 4. The molecular weight excluding hydrogens is 208 g/mol. The predicted octanol–water partition coefficient (Wildman–Crippen LogP) is 1.51. The molecule has 1 atom stereocenters. The van der Waals surface area contributed by atoms with Crippen LogP contribution < -0.4 is 0 Å². The van der Waals surface area contributed by atoms with Crippen molar-refractivity contribution in [2.24, 2.45) is 0 Å². The zero-order chi connectivity index (χ0) is 12.0. The SMILES string of the molecule is COC(=O)C[C@@H](C(=O)OC)c1ccccc1. The molecule has 0 saturated carbocycles. The zero-order valence-corrected chi connectivity index (χ0v) is 9.30. The lowest BCUT2D eigenvalue weighted by atomic mass is 9.96. The third-order valence-corrected chi connectivity index (χ3v) is 2.29. The van der Waals surface area contributed by atoms with Crippen molar-refractivity contribution in [3.63, 3.8) is 0 Å². The maximum atomic E-state index is 11.5. The quantitative estimate of drug-likeness (QED) is 0.724. The fourth-order valence-corrected chi connectivity index (χ4v) is 1.41. The molecular formula is C12H14O4. The third-order valence-electron chi connectivity index (χ3n) is 2.29. The van der Waals surface area contributed by atoms with Crippen molar-refractivity contribution in [3.8, 4) is 0 Å². The highest BCUT2D eigenvalue weighted by molar-refractivity contribution is 5.84. The van der Waals surface area contributed by atoms with Crippen LogP contribution in [0.3, 0.4) is 0 Å². The Bertz CT molecular complexity index is 359. The van der Waals surface area contributed by atoms with Gasteiger partial charge in [0.25, 0.3) is 0 Å². The van der Waals surface area contributed by atoms with Crippen molar-refractivity contribution in [2.75, 3.05) is 14.2 Å². The van der Waals surface area contributed by atoms with Crippen molar-refractivity contribution in [1.82, 2.24) is 0 Å². The molecule has 0 radical (unpaired) electrons. The average Bonchev–Trinajstić information content (AvgIpc) is 2.35. The molecule has 0 bridgehead atoms. The van der Waals surface area contributed by atoms with Gasteiger partial charge in [-0.15, -0.1) is 0 Å². The first-order valence-electron chi connectivity index (χ1n) is 4.88. The van der Waals surface area contributed by atoms with Crippen LogP contribution in [0.1, 0.15) is 17.9 Å². The van der Waals surface area contributed by atoms with Gasteiger partial charge in [0.1, 0.15) is 0 Å². The topological polar surface area (TPSA) is 52.6 Å². The molecule has 16 heavy (non-hydrogen) atoms. The molecule has 0 aromatic heterocycles. The molecule has 4 heteroatoms. The molecule has 86 valence electrons. The largest absolute Gasteiger partial charge is 0.469 e. The molecule has 1 rings (SSSR count). The molecule has 0 spiro atoms. The minimum absolute atomic E-state index is 0.00676. The van der Waals surface area contributed by atoms with Gasteiger partial charge in [0, 0.05) is 0 Å². The fourth-order valence-electron chi connectivity index (χ4n) is 1.41. The van der Waals surface area contributed by atoms with E-state index in [1.54, 1.807) is 12.1 Å². The van der Waals surface area contributed by atoms with Crippen molar-refractivity contribution in [3.05, 3.63) is 35.9 Å². The summed E-state index contributed by atoms with van der Waals surface area (Å²) in [5, 5.41) is 0. The summed E-state index contributed by atoms with van der Waals surface area (Å²) in [6, 6.07) is 9.02. The standard InChI is InChI=1S/C12H14O4/c1-15-11(13)8-10(12(14)16-2)9-6-4-3-5-7-9/h3-7,10H,8H2,1-2H3/t10-/m1/s1. The minimum Gasteiger partial charge on any atom is -0.469 e. The molecule has 0 aliphatic heterocycles. The Labute approximate surface area is 94.2 Å². The lowest BCUT2D eigenvalue weighted by Crippen LogP contribution is -2.18. The van der Waals surface area contributed by atoms with Gasteiger partial charge in [-0.1, -0.05) is 30.3 Å². The van der Waals surface area contributed by atoms with E-state index < -0.39 is 17.9 Å². The Morgan fingerprint density at radius 3 is 2.25 bits per heavy atom. The summed E-state index contributed by atoms with van der Waals surface area (Å²) in [5.41, 5.74) is 0.750. The first kappa shape index (κ1) is 12.2. The van der Waals surface area contributed by atoms with E-state index in [1.807, 2.05) is 18.2 Å². The Balaban J connectivity index is 2.88. The van der Waals surface area contributed by atoms with Crippen LogP contribution in [0.2, 0.25) is 0 Å². The molecule has 0 amide bonds. The number of benzene rings is 1. The lowest BCUT2D eigenvalue weighted by Gasteiger charge is -2.13. The molecule has 0 saturated heterocycles. The number of carbonyl (C=O) groups is 2. The van der Waals surface area contributed by atoms with E-state index in [9.17, 15) is 9.59 Å². The normalized spacial score (nSPS) is 11.6. The van der Waals surface area contributed by atoms with Crippen LogP contribution in [0, 0.1) is 0 Å². The smallest absolute Gasteiger partial charge is 0.313 e. The van der Waals surface area contributed by atoms with E-state index in [2.05, 4.69) is 9.47 Å². The number of hydrogen-bond acceptors (Lipinski definition) is 4. The molecule has 0 N–H and O–H groups in total. The number of ether oxygens (including phenoxy) is 2. The van der Waals surface area contributed by atoms with E-state index in [1.165, 1.54) is 14.2 Å². The van der Waals surface area contributed by atoms with Crippen LogP contribution in [-0.2, 0) is 19.1 Å². The van der Waals surface area contributed by atoms with Gasteiger partial charge < -0.3 is 9.47 Å². The second kappa shape index (κ2) is 5.90. The summed E-state index contributed by atoms with van der Waals surface area (Å²) >= 11 is 0. The number of esters is 2. The molecule has 4 nitrogen and oxygen atoms in total. The monoisotopic (exact) mass is 222 g/mol. The molecule has 1 aromatic rings. The summed E-state index contributed by atoms with van der Waals surface area (Å²) in [5.74, 6) is -1.46. The van der Waals surface area contributed by atoms with E-state index in [4.69, 9.17) is 0 Å². The number of hydrogen-bond donors (Lipinski definition) is 0. The van der Waals surface area contributed by atoms with Crippen molar-refractivity contribution >= 4 is 11.9 Å². The van der Waals surface area contributed by atoms with E-state index in [0.717, 1.165) is 5.56 Å². The fraction of sp³-hybridized carbons (Fsp3) is 0.333. The number of methoxy groups -OCH3 is 2. The van der Waals surface area contributed by atoms with Gasteiger partial charge in [0.15, 0.2) is 0 Å². The Morgan fingerprint density at radius 2 is 1.75 bits per heavy atom.